The van der Waals surface area contributed by atoms with Crippen molar-refractivity contribution in [3.8, 4) is 5.75 Å². The second-order valence-corrected chi connectivity index (χ2v) is 4.66. The zero-order chi connectivity index (χ0) is 14.9. The summed E-state index contributed by atoms with van der Waals surface area (Å²) in [5.41, 5.74) is -3.32. The molecule has 0 spiro atoms. The maximum atomic E-state index is 12.6. The fourth-order valence-electron chi connectivity index (χ4n) is 1.17. The molecule has 0 radical (unpaired) electrons. The topological polar surface area (TPSA) is 9.23 Å². The minimum absolute atomic E-state index is 0.604. The lowest BCUT2D eigenvalue weighted by molar-refractivity contribution is -0.219. The van der Waals surface area contributed by atoms with Crippen LogP contribution in [0.25, 0.3) is 0 Å². The van der Waals surface area contributed by atoms with Gasteiger partial charge in [0.1, 0.15) is 12.4 Å². The number of halogens is 6. The first-order chi connectivity index (χ1) is 8.45. The molecule has 0 aliphatic carbocycles. The minimum atomic E-state index is -4.67. The van der Waals surface area contributed by atoms with E-state index in [-0.39, 0.29) is 0 Å². The summed E-state index contributed by atoms with van der Waals surface area (Å²) < 4.78 is 80.2. The fourth-order valence-corrected chi connectivity index (χ4v) is 1.17. The van der Waals surface area contributed by atoms with Crippen LogP contribution in [0.5, 0.6) is 5.75 Å². The second kappa shape index (κ2) is 4.94. The zero-order valence-corrected chi connectivity index (χ0v) is 10.2. The normalized spacial score (nSPS) is 13.5. The van der Waals surface area contributed by atoms with Crippen LogP contribution in [-0.2, 0) is 6.18 Å². The molecule has 7 heteroatoms. The van der Waals surface area contributed by atoms with E-state index in [0.29, 0.717) is 0 Å². The van der Waals surface area contributed by atoms with E-state index in [1.165, 1.54) is 6.07 Å². The average Bonchev–Trinajstić information content (AvgIpc) is 2.24. The van der Waals surface area contributed by atoms with Crippen LogP contribution in [0.4, 0.5) is 26.3 Å². The fraction of sp³-hybridized carbons (Fsp3) is 0.500. The van der Waals surface area contributed by atoms with Crippen LogP contribution < -0.4 is 4.74 Å². The highest BCUT2D eigenvalue weighted by molar-refractivity contribution is 5.35. The molecule has 19 heavy (non-hydrogen) atoms. The summed E-state index contributed by atoms with van der Waals surface area (Å²) in [7, 11) is 0. The molecule has 0 aromatic heterocycles. The van der Waals surface area contributed by atoms with E-state index in [1.54, 1.807) is 0 Å². The largest absolute Gasteiger partial charge is 0.492 e. The van der Waals surface area contributed by atoms with Crippen LogP contribution >= 0.6 is 0 Å². The van der Waals surface area contributed by atoms with Crippen molar-refractivity contribution >= 4 is 0 Å². The SMILES string of the molecule is CC(C)(COc1ccccc1C(F)(F)F)C(F)(F)F. The van der Waals surface area contributed by atoms with Crippen molar-refractivity contribution in [1.29, 1.82) is 0 Å². The Morgan fingerprint density at radius 2 is 1.47 bits per heavy atom. The van der Waals surface area contributed by atoms with Gasteiger partial charge in [0.15, 0.2) is 0 Å². The van der Waals surface area contributed by atoms with Gasteiger partial charge in [-0.1, -0.05) is 12.1 Å². The lowest BCUT2D eigenvalue weighted by Gasteiger charge is -2.28. The van der Waals surface area contributed by atoms with Crippen molar-refractivity contribution in [3.05, 3.63) is 29.8 Å². The molecule has 0 N–H and O–H groups in total. The zero-order valence-electron chi connectivity index (χ0n) is 10.2. The quantitative estimate of drug-likeness (QED) is 0.733. The third-order valence-electron chi connectivity index (χ3n) is 2.55. The van der Waals surface area contributed by atoms with Crippen LogP contribution in [0.15, 0.2) is 24.3 Å². The highest BCUT2D eigenvalue weighted by Crippen LogP contribution is 2.40. The molecular weight excluding hydrogens is 274 g/mol. The lowest BCUT2D eigenvalue weighted by atomic mass is 9.94. The van der Waals surface area contributed by atoms with E-state index in [4.69, 9.17) is 4.74 Å². The summed E-state index contributed by atoms with van der Waals surface area (Å²) in [6, 6.07) is 4.17. The van der Waals surface area contributed by atoms with Gasteiger partial charge in [-0.3, -0.25) is 0 Å². The van der Waals surface area contributed by atoms with E-state index in [0.717, 1.165) is 32.0 Å². The van der Waals surface area contributed by atoms with E-state index in [9.17, 15) is 26.3 Å². The van der Waals surface area contributed by atoms with Gasteiger partial charge in [-0.2, -0.15) is 26.3 Å². The molecule has 1 rings (SSSR count). The number of hydrogen-bond donors (Lipinski definition) is 0. The van der Waals surface area contributed by atoms with Gasteiger partial charge in [0, 0.05) is 0 Å². The van der Waals surface area contributed by atoms with E-state index < -0.39 is 35.7 Å². The Balaban J connectivity index is 2.91. The molecule has 1 aromatic carbocycles. The van der Waals surface area contributed by atoms with Gasteiger partial charge in [-0.25, -0.2) is 0 Å². The van der Waals surface area contributed by atoms with Crippen LogP contribution in [-0.4, -0.2) is 12.8 Å². The minimum Gasteiger partial charge on any atom is -0.492 e. The Kier molecular flexibility index (Phi) is 4.07. The van der Waals surface area contributed by atoms with E-state index in [2.05, 4.69) is 0 Å². The Morgan fingerprint density at radius 1 is 0.947 bits per heavy atom. The Bertz CT molecular complexity index is 433. The van der Waals surface area contributed by atoms with Gasteiger partial charge in [0.25, 0.3) is 0 Å². The van der Waals surface area contributed by atoms with Crippen LogP contribution in [0, 0.1) is 5.41 Å². The molecule has 0 aliphatic rings. The third-order valence-corrected chi connectivity index (χ3v) is 2.55. The maximum absolute atomic E-state index is 12.6. The lowest BCUT2D eigenvalue weighted by Crippen LogP contribution is -2.37. The second-order valence-electron chi connectivity index (χ2n) is 4.66. The predicted molar refractivity (Wildman–Crippen MR) is 56.8 cm³/mol. The van der Waals surface area contributed by atoms with Crippen molar-refractivity contribution in [2.75, 3.05) is 6.61 Å². The molecular formula is C12H12F6O. The number of ether oxygens (including phenoxy) is 1. The number of hydrogen-bond acceptors (Lipinski definition) is 1. The van der Waals surface area contributed by atoms with Crippen molar-refractivity contribution in [3.63, 3.8) is 0 Å². The van der Waals surface area contributed by atoms with Gasteiger partial charge in [0.2, 0.25) is 0 Å². The third kappa shape index (κ3) is 3.78. The van der Waals surface area contributed by atoms with Crippen LogP contribution in [0.2, 0.25) is 0 Å². The van der Waals surface area contributed by atoms with Gasteiger partial charge in [-0.05, 0) is 26.0 Å². The van der Waals surface area contributed by atoms with Crippen molar-refractivity contribution in [2.24, 2.45) is 5.41 Å². The van der Waals surface area contributed by atoms with Crippen molar-refractivity contribution in [2.45, 2.75) is 26.2 Å². The highest BCUT2D eigenvalue weighted by atomic mass is 19.4. The molecule has 0 fully saturated rings. The summed E-state index contributed by atoms with van der Waals surface area (Å²) in [5.74, 6) is -0.604. The number of alkyl halides is 6. The Hall–Kier alpha value is -1.40. The molecule has 1 nitrogen and oxygen atoms in total. The Morgan fingerprint density at radius 3 is 1.95 bits per heavy atom. The average molecular weight is 286 g/mol. The smallest absolute Gasteiger partial charge is 0.419 e. The summed E-state index contributed by atoms with van der Waals surface area (Å²) in [6.45, 7) is 0.843. The number of benzene rings is 1. The van der Waals surface area contributed by atoms with E-state index >= 15 is 0 Å². The highest BCUT2D eigenvalue weighted by Gasteiger charge is 2.48. The van der Waals surface area contributed by atoms with Crippen LogP contribution in [0.3, 0.4) is 0 Å². The molecule has 1 aromatic rings. The van der Waals surface area contributed by atoms with Crippen molar-refractivity contribution < 1.29 is 31.1 Å². The molecule has 0 bridgehead atoms. The standard InChI is InChI=1S/C12H12F6O/c1-10(2,12(16,17)18)7-19-9-6-4-3-5-8(9)11(13,14)15/h3-6H,7H2,1-2H3. The van der Waals surface area contributed by atoms with Crippen molar-refractivity contribution in [1.82, 2.24) is 0 Å². The Labute approximate surface area is 106 Å². The van der Waals surface area contributed by atoms with Gasteiger partial charge in [0.05, 0.1) is 11.0 Å². The maximum Gasteiger partial charge on any atom is 0.419 e. The molecule has 0 saturated heterocycles. The van der Waals surface area contributed by atoms with Gasteiger partial charge >= 0.3 is 12.4 Å². The number of para-hydroxylation sites is 1. The van der Waals surface area contributed by atoms with Gasteiger partial charge in [-0.15, -0.1) is 0 Å². The number of rotatable bonds is 3. The predicted octanol–water partition coefficient (Wildman–Crippen LogP) is 4.67. The summed E-state index contributed by atoms with van der Waals surface area (Å²) in [4.78, 5) is 0. The first-order valence-corrected chi connectivity index (χ1v) is 5.31. The summed E-state index contributed by atoms with van der Waals surface area (Å²) in [5, 5.41) is 0. The molecule has 0 atom stereocenters. The first kappa shape index (κ1) is 15.7. The molecule has 0 heterocycles. The molecule has 108 valence electrons. The molecule has 0 saturated carbocycles. The van der Waals surface area contributed by atoms with Gasteiger partial charge < -0.3 is 4.74 Å². The summed E-state index contributed by atoms with van der Waals surface area (Å²) >= 11 is 0. The summed E-state index contributed by atoms with van der Waals surface area (Å²) in [6.07, 6.45) is -9.22. The monoisotopic (exact) mass is 286 g/mol. The van der Waals surface area contributed by atoms with Crippen LogP contribution in [0.1, 0.15) is 19.4 Å². The van der Waals surface area contributed by atoms with E-state index in [1.807, 2.05) is 0 Å². The molecule has 0 amide bonds. The molecule has 0 aliphatic heterocycles. The molecule has 0 unspecified atom stereocenters. The first-order valence-electron chi connectivity index (χ1n) is 5.31.